The van der Waals surface area contributed by atoms with Crippen molar-refractivity contribution in [2.45, 2.75) is 38.2 Å². The zero-order chi connectivity index (χ0) is 12.1. The van der Waals surface area contributed by atoms with Crippen LogP contribution in [-0.4, -0.2) is 5.11 Å². The van der Waals surface area contributed by atoms with E-state index in [2.05, 4.69) is 6.58 Å². The van der Waals surface area contributed by atoms with E-state index in [0.717, 1.165) is 24.0 Å². The molecule has 0 bridgehead atoms. The molecule has 1 aliphatic rings. The lowest BCUT2D eigenvalue weighted by Crippen LogP contribution is -2.05. The van der Waals surface area contributed by atoms with Crippen molar-refractivity contribution >= 4 is 0 Å². The van der Waals surface area contributed by atoms with Crippen LogP contribution < -0.4 is 0 Å². The van der Waals surface area contributed by atoms with Crippen molar-refractivity contribution in [2.24, 2.45) is 0 Å². The van der Waals surface area contributed by atoms with E-state index in [0.29, 0.717) is 0 Å². The smallest absolute Gasteiger partial charge is 0.104 e. The summed E-state index contributed by atoms with van der Waals surface area (Å²) in [7, 11) is 0. The van der Waals surface area contributed by atoms with Gasteiger partial charge in [0.2, 0.25) is 0 Å². The van der Waals surface area contributed by atoms with E-state index >= 15 is 0 Å². The third-order valence-corrected chi connectivity index (χ3v) is 3.50. The fraction of sp³-hybridized carbons (Fsp3) is 0.375. The molecule has 17 heavy (non-hydrogen) atoms. The van der Waals surface area contributed by atoms with Gasteiger partial charge in [-0.2, -0.15) is 0 Å². The molecule has 1 saturated carbocycles. The molecule has 1 fully saturated rings. The zero-order valence-corrected chi connectivity index (χ0v) is 10.2. The van der Waals surface area contributed by atoms with Crippen molar-refractivity contribution in [3.8, 4) is 0 Å². The SMILES string of the molecule is C=CC(=C1CCCCC1)C(O)c1ccccc1. The van der Waals surface area contributed by atoms with Crippen LogP contribution in [0.3, 0.4) is 0 Å². The van der Waals surface area contributed by atoms with E-state index in [-0.39, 0.29) is 0 Å². The van der Waals surface area contributed by atoms with Gasteiger partial charge in [0.05, 0.1) is 0 Å². The molecule has 90 valence electrons. The van der Waals surface area contributed by atoms with Crippen LogP contribution in [-0.2, 0) is 0 Å². The molecule has 2 rings (SSSR count). The summed E-state index contributed by atoms with van der Waals surface area (Å²) >= 11 is 0. The van der Waals surface area contributed by atoms with Crippen LogP contribution >= 0.6 is 0 Å². The minimum absolute atomic E-state index is 0.512. The molecule has 0 saturated heterocycles. The second-order valence-electron chi connectivity index (χ2n) is 4.64. The Morgan fingerprint density at radius 1 is 1.12 bits per heavy atom. The molecule has 0 aliphatic heterocycles. The fourth-order valence-corrected chi connectivity index (χ4v) is 2.53. The molecule has 1 atom stereocenters. The van der Waals surface area contributed by atoms with Gasteiger partial charge in [0.15, 0.2) is 0 Å². The summed E-state index contributed by atoms with van der Waals surface area (Å²) in [6, 6.07) is 9.84. The van der Waals surface area contributed by atoms with Crippen LogP contribution in [0.2, 0.25) is 0 Å². The topological polar surface area (TPSA) is 20.2 Å². The van der Waals surface area contributed by atoms with Gasteiger partial charge in [-0.1, -0.05) is 55.0 Å². The number of hydrogen-bond donors (Lipinski definition) is 1. The van der Waals surface area contributed by atoms with Gasteiger partial charge in [0.25, 0.3) is 0 Å². The first-order chi connectivity index (χ1) is 8.33. The Bertz CT molecular complexity index is 395. The van der Waals surface area contributed by atoms with Crippen molar-refractivity contribution in [2.75, 3.05) is 0 Å². The number of rotatable bonds is 3. The summed E-state index contributed by atoms with van der Waals surface area (Å²) in [4.78, 5) is 0. The lowest BCUT2D eigenvalue weighted by Gasteiger charge is -2.21. The Morgan fingerprint density at radius 2 is 1.76 bits per heavy atom. The number of benzene rings is 1. The maximum Gasteiger partial charge on any atom is 0.104 e. The second-order valence-corrected chi connectivity index (χ2v) is 4.64. The van der Waals surface area contributed by atoms with Gasteiger partial charge < -0.3 is 5.11 Å². The van der Waals surface area contributed by atoms with Gasteiger partial charge in [-0.25, -0.2) is 0 Å². The first-order valence-electron chi connectivity index (χ1n) is 6.40. The summed E-state index contributed by atoms with van der Waals surface area (Å²) in [6.07, 6.45) is 7.36. The molecule has 1 unspecified atom stereocenters. The average molecular weight is 228 g/mol. The zero-order valence-electron chi connectivity index (χ0n) is 10.2. The summed E-state index contributed by atoms with van der Waals surface area (Å²) < 4.78 is 0. The van der Waals surface area contributed by atoms with Crippen LogP contribution in [0.15, 0.2) is 54.1 Å². The molecule has 1 nitrogen and oxygen atoms in total. The number of allylic oxidation sites excluding steroid dienone is 1. The fourth-order valence-electron chi connectivity index (χ4n) is 2.53. The molecule has 1 aromatic carbocycles. The van der Waals surface area contributed by atoms with Gasteiger partial charge in [-0.3, -0.25) is 0 Å². The molecule has 1 aliphatic carbocycles. The monoisotopic (exact) mass is 228 g/mol. The lowest BCUT2D eigenvalue weighted by atomic mass is 9.87. The minimum atomic E-state index is -0.512. The standard InChI is InChI=1S/C16H20O/c1-2-15(13-9-5-3-6-10-13)16(17)14-11-7-4-8-12-14/h2,4,7-8,11-12,16-17H,1,3,5-6,9-10H2. The van der Waals surface area contributed by atoms with E-state index in [1.807, 2.05) is 36.4 Å². The van der Waals surface area contributed by atoms with Crippen LogP contribution in [0.4, 0.5) is 0 Å². The van der Waals surface area contributed by atoms with Crippen molar-refractivity contribution in [3.05, 3.63) is 59.7 Å². The summed E-state index contributed by atoms with van der Waals surface area (Å²) in [5.74, 6) is 0. The molecule has 1 N–H and O–H groups in total. The lowest BCUT2D eigenvalue weighted by molar-refractivity contribution is 0.217. The molecule has 0 aromatic heterocycles. The Labute approximate surface area is 103 Å². The Kier molecular flexibility index (Phi) is 4.16. The highest BCUT2D eigenvalue weighted by atomic mass is 16.3. The Balaban J connectivity index is 2.26. The largest absolute Gasteiger partial charge is 0.384 e. The van der Waals surface area contributed by atoms with Gasteiger partial charge >= 0.3 is 0 Å². The third-order valence-electron chi connectivity index (χ3n) is 3.50. The summed E-state index contributed by atoms with van der Waals surface area (Å²) in [6.45, 7) is 3.86. The summed E-state index contributed by atoms with van der Waals surface area (Å²) in [5.41, 5.74) is 3.37. The normalized spacial score (nSPS) is 17.6. The quantitative estimate of drug-likeness (QED) is 0.823. The van der Waals surface area contributed by atoms with Crippen LogP contribution in [0, 0.1) is 0 Å². The van der Waals surface area contributed by atoms with E-state index < -0.39 is 6.10 Å². The highest BCUT2D eigenvalue weighted by molar-refractivity contribution is 5.35. The number of aliphatic hydroxyl groups is 1. The third kappa shape index (κ3) is 2.86. The van der Waals surface area contributed by atoms with Gasteiger partial charge in [0, 0.05) is 0 Å². The highest BCUT2D eigenvalue weighted by Gasteiger charge is 2.16. The van der Waals surface area contributed by atoms with E-state index in [4.69, 9.17) is 0 Å². The predicted molar refractivity (Wildman–Crippen MR) is 71.7 cm³/mol. The van der Waals surface area contributed by atoms with Crippen LogP contribution in [0.5, 0.6) is 0 Å². The maximum atomic E-state index is 10.4. The average Bonchev–Trinajstić information content (AvgIpc) is 2.42. The first-order valence-corrected chi connectivity index (χ1v) is 6.40. The maximum absolute atomic E-state index is 10.4. The summed E-state index contributed by atoms with van der Waals surface area (Å²) in [5, 5.41) is 10.4. The molecule has 0 spiro atoms. The van der Waals surface area contributed by atoms with Crippen molar-refractivity contribution in [3.63, 3.8) is 0 Å². The minimum Gasteiger partial charge on any atom is -0.384 e. The van der Waals surface area contributed by atoms with Crippen LogP contribution in [0.25, 0.3) is 0 Å². The first kappa shape index (κ1) is 12.1. The molecular weight excluding hydrogens is 208 g/mol. The van der Waals surface area contributed by atoms with E-state index in [1.54, 1.807) is 0 Å². The van der Waals surface area contributed by atoms with E-state index in [9.17, 15) is 5.11 Å². The van der Waals surface area contributed by atoms with Gasteiger partial charge in [0.1, 0.15) is 6.10 Å². The highest BCUT2D eigenvalue weighted by Crippen LogP contribution is 2.32. The molecule has 0 heterocycles. The molecule has 1 aromatic rings. The van der Waals surface area contributed by atoms with E-state index in [1.165, 1.54) is 24.8 Å². The molecule has 0 radical (unpaired) electrons. The second kappa shape index (κ2) is 5.83. The number of hydrogen-bond acceptors (Lipinski definition) is 1. The van der Waals surface area contributed by atoms with Crippen molar-refractivity contribution in [1.82, 2.24) is 0 Å². The number of aliphatic hydroxyl groups excluding tert-OH is 1. The Morgan fingerprint density at radius 3 is 2.35 bits per heavy atom. The van der Waals surface area contributed by atoms with Gasteiger partial charge in [-0.15, -0.1) is 0 Å². The van der Waals surface area contributed by atoms with Crippen molar-refractivity contribution < 1.29 is 5.11 Å². The molecule has 0 amide bonds. The van der Waals surface area contributed by atoms with Crippen molar-refractivity contribution in [1.29, 1.82) is 0 Å². The van der Waals surface area contributed by atoms with Crippen LogP contribution in [0.1, 0.15) is 43.8 Å². The predicted octanol–water partition coefficient (Wildman–Crippen LogP) is 4.17. The van der Waals surface area contributed by atoms with Gasteiger partial charge in [-0.05, 0) is 36.8 Å². The molecular formula is C16H20O. The molecule has 1 heteroatoms. The Hall–Kier alpha value is -1.34.